The van der Waals surface area contributed by atoms with E-state index in [2.05, 4.69) is 30.5 Å². The van der Waals surface area contributed by atoms with Crippen LogP contribution in [-0.2, 0) is 4.79 Å². The van der Waals surface area contributed by atoms with Crippen molar-refractivity contribution in [2.24, 2.45) is 0 Å². The first-order chi connectivity index (χ1) is 15.1. The van der Waals surface area contributed by atoms with E-state index in [9.17, 15) is 9.59 Å². The lowest BCUT2D eigenvalue weighted by atomic mass is 10.1. The Labute approximate surface area is 189 Å². The molecule has 1 aliphatic heterocycles. The van der Waals surface area contributed by atoms with Crippen LogP contribution in [0.1, 0.15) is 48.5 Å². The molecule has 1 aliphatic carbocycles. The van der Waals surface area contributed by atoms with E-state index in [1.165, 1.54) is 44.2 Å². The van der Waals surface area contributed by atoms with Gasteiger partial charge in [-0.3, -0.25) is 25.0 Å². The predicted octanol–water partition coefficient (Wildman–Crippen LogP) is 2.82. The van der Waals surface area contributed by atoms with Crippen LogP contribution in [-0.4, -0.2) is 52.5 Å². The average molecular weight is 465 g/mol. The highest BCUT2D eigenvalue weighted by atomic mass is 35.5. The van der Waals surface area contributed by atoms with Crippen LogP contribution >= 0.6 is 23.4 Å². The molecule has 1 saturated carbocycles. The molecule has 31 heavy (non-hydrogen) atoms. The number of rotatable bonds is 7. The zero-order valence-corrected chi connectivity index (χ0v) is 18.8. The number of nitrogens with zero attached hydrogens (tertiary/aromatic N) is 4. The third kappa shape index (κ3) is 5.24. The summed E-state index contributed by atoms with van der Waals surface area (Å²) in [6, 6.07) is 5.12. The van der Waals surface area contributed by atoms with E-state index in [4.69, 9.17) is 16.3 Å². The summed E-state index contributed by atoms with van der Waals surface area (Å²) in [6.07, 6.45) is 5.80. The number of nitrogens with one attached hydrogen (secondary N) is 2. The fourth-order valence-corrected chi connectivity index (χ4v) is 4.52. The van der Waals surface area contributed by atoms with Gasteiger partial charge < -0.3 is 9.64 Å². The molecule has 2 N–H and O–H groups in total. The first kappa shape index (κ1) is 21.8. The molecule has 2 aliphatic rings. The Kier molecular flexibility index (Phi) is 6.86. The number of piperidine rings is 1. The second-order valence-corrected chi connectivity index (χ2v) is 8.95. The minimum atomic E-state index is -0.508. The standard InChI is InChI=1S/C20H25ClN6O3S/c1-30-16-8-5-13(21)11-15(16)18(29)23-22-17(28)12-31-20-25-24-19(27(20)14-6-7-14)26-9-3-2-4-10-26/h5,8,11,14H,2-4,6-7,9-10,12H2,1H3,(H,22,28)(H,23,29). The van der Waals surface area contributed by atoms with Gasteiger partial charge in [0.05, 0.1) is 18.4 Å². The maximum atomic E-state index is 12.4. The second kappa shape index (κ2) is 9.78. The number of thioether (sulfide) groups is 1. The van der Waals surface area contributed by atoms with Gasteiger partial charge in [0, 0.05) is 24.2 Å². The Morgan fingerprint density at radius 2 is 1.97 bits per heavy atom. The number of ether oxygens (including phenoxy) is 1. The summed E-state index contributed by atoms with van der Waals surface area (Å²) in [6.45, 7) is 1.99. The van der Waals surface area contributed by atoms with Gasteiger partial charge in [-0.2, -0.15) is 0 Å². The van der Waals surface area contributed by atoms with Crippen molar-refractivity contribution in [1.29, 1.82) is 0 Å². The van der Waals surface area contributed by atoms with E-state index in [1.807, 2.05) is 0 Å². The van der Waals surface area contributed by atoms with E-state index in [0.29, 0.717) is 16.8 Å². The minimum Gasteiger partial charge on any atom is -0.496 e. The van der Waals surface area contributed by atoms with Crippen molar-refractivity contribution in [3.63, 3.8) is 0 Å². The number of hydrogen-bond acceptors (Lipinski definition) is 7. The van der Waals surface area contributed by atoms with Crippen molar-refractivity contribution >= 4 is 41.1 Å². The van der Waals surface area contributed by atoms with Gasteiger partial charge in [0.25, 0.3) is 5.91 Å². The van der Waals surface area contributed by atoms with Gasteiger partial charge in [0.1, 0.15) is 5.75 Å². The molecule has 0 radical (unpaired) electrons. The summed E-state index contributed by atoms with van der Waals surface area (Å²) >= 11 is 7.28. The highest BCUT2D eigenvalue weighted by Crippen LogP contribution is 2.41. The number of amides is 2. The monoisotopic (exact) mass is 464 g/mol. The highest BCUT2D eigenvalue weighted by molar-refractivity contribution is 7.99. The molecule has 2 fully saturated rings. The fraction of sp³-hybridized carbons (Fsp3) is 0.500. The largest absolute Gasteiger partial charge is 0.496 e. The molecule has 2 amide bonds. The van der Waals surface area contributed by atoms with Crippen molar-refractivity contribution in [3.8, 4) is 5.75 Å². The summed E-state index contributed by atoms with van der Waals surface area (Å²) < 4.78 is 7.33. The lowest BCUT2D eigenvalue weighted by molar-refractivity contribution is -0.119. The fourth-order valence-electron chi connectivity index (χ4n) is 3.55. The van der Waals surface area contributed by atoms with Gasteiger partial charge in [-0.15, -0.1) is 10.2 Å². The van der Waals surface area contributed by atoms with Crippen molar-refractivity contribution < 1.29 is 14.3 Å². The van der Waals surface area contributed by atoms with Crippen LogP contribution in [0.5, 0.6) is 5.75 Å². The lowest BCUT2D eigenvalue weighted by Gasteiger charge is -2.27. The quantitative estimate of drug-likeness (QED) is 0.480. The highest BCUT2D eigenvalue weighted by Gasteiger charge is 2.32. The van der Waals surface area contributed by atoms with Crippen LogP contribution in [0.4, 0.5) is 5.95 Å². The number of aromatic nitrogens is 3. The van der Waals surface area contributed by atoms with Crippen LogP contribution in [0, 0.1) is 0 Å². The molecule has 0 bridgehead atoms. The number of halogens is 1. The molecule has 0 unspecified atom stereocenters. The summed E-state index contributed by atoms with van der Waals surface area (Å²) in [5.74, 6) is 0.535. The minimum absolute atomic E-state index is 0.109. The van der Waals surface area contributed by atoms with Gasteiger partial charge in [-0.05, 0) is 50.3 Å². The van der Waals surface area contributed by atoms with E-state index < -0.39 is 5.91 Å². The smallest absolute Gasteiger partial charge is 0.273 e. The SMILES string of the molecule is COc1ccc(Cl)cc1C(=O)NNC(=O)CSc1nnc(N2CCCCC2)n1C1CC1. The number of anilines is 1. The molecule has 2 aromatic rings. The lowest BCUT2D eigenvalue weighted by Crippen LogP contribution is -2.42. The van der Waals surface area contributed by atoms with Crippen LogP contribution in [0.2, 0.25) is 5.02 Å². The third-order valence-corrected chi connectivity index (χ3v) is 6.43. The van der Waals surface area contributed by atoms with Gasteiger partial charge in [-0.25, -0.2) is 0 Å². The molecule has 0 spiro atoms. The normalized spacial score (nSPS) is 16.1. The first-order valence-electron chi connectivity index (χ1n) is 10.3. The molecular weight excluding hydrogens is 440 g/mol. The van der Waals surface area contributed by atoms with E-state index >= 15 is 0 Å². The molecule has 2 heterocycles. The van der Waals surface area contributed by atoms with E-state index in [0.717, 1.165) is 37.0 Å². The number of carbonyl (C=O) groups is 2. The van der Waals surface area contributed by atoms with Gasteiger partial charge in [0.2, 0.25) is 11.9 Å². The molecule has 1 saturated heterocycles. The Morgan fingerprint density at radius 1 is 1.19 bits per heavy atom. The van der Waals surface area contributed by atoms with Gasteiger partial charge in [0.15, 0.2) is 5.16 Å². The summed E-state index contributed by atoms with van der Waals surface area (Å²) in [7, 11) is 1.46. The summed E-state index contributed by atoms with van der Waals surface area (Å²) in [5, 5.41) is 9.88. The molecule has 1 aromatic carbocycles. The Bertz CT molecular complexity index is 958. The third-order valence-electron chi connectivity index (χ3n) is 5.25. The molecule has 0 atom stereocenters. The number of carbonyl (C=O) groups excluding carboxylic acids is 2. The molecular formula is C20H25ClN6O3S. The number of methoxy groups -OCH3 is 1. The molecule has 1 aromatic heterocycles. The van der Waals surface area contributed by atoms with Crippen molar-refractivity contribution in [3.05, 3.63) is 28.8 Å². The molecule has 9 nitrogen and oxygen atoms in total. The maximum Gasteiger partial charge on any atom is 0.273 e. The predicted molar refractivity (Wildman–Crippen MR) is 119 cm³/mol. The second-order valence-electron chi connectivity index (χ2n) is 7.57. The number of hydrazine groups is 1. The zero-order chi connectivity index (χ0) is 21.8. The first-order valence-corrected chi connectivity index (χ1v) is 11.7. The topological polar surface area (TPSA) is 101 Å². The van der Waals surface area contributed by atoms with E-state index in [-0.39, 0.29) is 17.2 Å². The van der Waals surface area contributed by atoms with Crippen LogP contribution < -0.4 is 20.5 Å². The van der Waals surface area contributed by atoms with Crippen molar-refractivity contribution in [2.75, 3.05) is 30.9 Å². The number of benzene rings is 1. The van der Waals surface area contributed by atoms with E-state index in [1.54, 1.807) is 12.1 Å². The maximum absolute atomic E-state index is 12.4. The van der Waals surface area contributed by atoms with Crippen molar-refractivity contribution in [2.45, 2.75) is 43.3 Å². The Hall–Kier alpha value is -2.46. The average Bonchev–Trinajstić information content (AvgIpc) is 3.55. The van der Waals surface area contributed by atoms with Crippen LogP contribution in [0.25, 0.3) is 0 Å². The Balaban J connectivity index is 1.34. The number of hydrogen-bond donors (Lipinski definition) is 2. The zero-order valence-electron chi connectivity index (χ0n) is 17.3. The molecule has 4 rings (SSSR count). The molecule has 11 heteroatoms. The van der Waals surface area contributed by atoms with Crippen LogP contribution in [0.15, 0.2) is 23.4 Å². The van der Waals surface area contributed by atoms with Gasteiger partial charge in [-0.1, -0.05) is 23.4 Å². The summed E-state index contributed by atoms with van der Waals surface area (Å²) in [4.78, 5) is 27.0. The van der Waals surface area contributed by atoms with Crippen LogP contribution in [0.3, 0.4) is 0 Å². The molecule has 166 valence electrons. The van der Waals surface area contributed by atoms with Crippen molar-refractivity contribution in [1.82, 2.24) is 25.6 Å². The summed E-state index contributed by atoms with van der Waals surface area (Å²) in [5.41, 5.74) is 5.07. The Morgan fingerprint density at radius 3 is 2.68 bits per heavy atom. The van der Waals surface area contributed by atoms with Gasteiger partial charge >= 0.3 is 0 Å².